The number of nitrogens with one attached hydrogen (secondary N) is 1. The minimum Gasteiger partial charge on any atom is -0.467 e. The highest BCUT2D eigenvalue weighted by Gasteiger charge is 2.29. The molecule has 0 aliphatic heterocycles. The Labute approximate surface area is 99.7 Å². The summed E-state index contributed by atoms with van der Waals surface area (Å²) < 4.78 is 40.0. The molecule has 4 nitrogen and oxygen atoms in total. The third kappa shape index (κ3) is 4.10. The molecule has 0 saturated heterocycles. The van der Waals surface area contributed by atoms with Crippen LogP contribution in [0.1, 0.15) is 10.4 Å². The summed E-state index contributed by atoms with van der Waals surface area (Å²) in [4.78, 5) is 14.7. The number of hydrogen-bond acceptors (Lipinski definition) is 3. The van der Waals surface area contributed by atoms with Gasteiger partial charge in [0.05, 0.1) is 5.56 Å². The van der Waals surface area contributed by atoms with Crippen molar-refractivity contribution in [2.24, 2.45) is 0 Å². The second-order valence-corrected chi connectivity index (χ2v) is 3.40. The fraction of sp³-hybridized carbons (Fsp3) is 0.333. The number of pyridine rings is 1. The first kappa shape index (κ1) is 13.6. The van der Waals surface area contributed by atoms with E-state index in [0.717, 1.165) is 6.20 Å². The summed E-state index contributed by atoms with van der Waals surface area (Å²) >= 11 is 5.62. The predicted octanol–water partition coefficient (Wildman–Crippen LogP) is 2.04. The average molecular weight is 269 g/mol. The first-order chi connectivity index (χ1) is 7.83. The van der Waals surface area contributed by atoms with Crippen LogP contribution in [0.2, 0.25) is 5.02 Å². The lowest BCUT2D eigenvalue weighted by Gasteiger charge is -2.09. The number of nitrogens with zero attached hydrogens (tertiary/aromatic N) is 1. The number of hydrogen-bond donors (Lipinski definition) is 1. The van der Waals surface area contributed by atoms with Crippen LogP contribution in [-0.2, 0) is 0 Å². The normalized spacial score (nSPS) is 11.1. The summed E-state index contributed by atoms with van der Waals surface area (Å²) in [5.41, 5.74) is 0.136. The Morgan fingerprint density at radius 3 is 2.71 bits per heavy atom. The molecule has 0 spiro atoms. The zero-order valence-electron chi connectivity index (χ0n) is 8.64. The molecule has 0 atom stereocenters. The number of carbonyl (C=O) groups is 1. The van der Waals surface area contributed by atoms with E-state index >= 15 is 0 Å². The summed E-state index contributed by atoms with van der Waals surface area (Å²) in [5, 5.41) is 2.17. The second kappa shape index (κ2) is 5.22. The van der Waals surface area contributed by atoms with E-state index in [4.69, 9.17) is 11.6 Å². The minimum atomic E-state index is -4.47. The number of rotatable bonds is 3. The van der Waals surface area contributed by atoms with Crippen molar-refractivity contribution >= 4 is 17.5 Å². The third-order valence-corrected chi connectivity index (χ3v) is 1.94. The molecule has 17 heavy (non-hydrogen) atoms. The van der Waals surface area contributed by atoms with E-state index < -0.39 is 18.7 Å². The lowest BCUT2D eigenvalue weighted by molar-refractivity contribution is -0.154. The maximum atomic E-state index is 11.9. The molecule has 1 rings (SSSR count). The van der Waals surface area contributed by atoms with Crippen molar-refractivity contribution in [2.45, 2.75) is 6.18 Å². The van der Waals surface area contributed by atoms with Gasteiger partial charge in [0.2, 0.25) is 5.88 Å². The molecule has 0 aliphatic rings. The topological polar surface area (TPSA) is 51.2 Å². The molecule has 0 aromatic carbocycles. The zero-order valence-corrected chi connectivity index (χ0v) is 9.39. The maximum Gasteiger partial charge on any atom is 0.422 e. The number of halogens is 4. The van der Waals surface area contributed by atoms with E-state index in [1.54, 1.807) is 0 Å². The highest BCUT2D eigenvalue weighted by Crippen LogP contribution is 2.24. The van der Waals surface area contributed by atoms with Crippen LogP contribution in [0, 0.1) is 0 Å². The fourth-order valence-electron chi connectivity index (χ4n) is 0.950. The molecule has 0 radical (unpaired) electrons. The zero-order chi connectivity index (χ0) is 13.1. The monoisotopic (exact) mass is 268 g/mol. The first-order valence-corrected chi connectivity index (χ1v) is 4.78. The van der Waals surface area contributed by atoms with E-state index in [-0.39, 0.29) is 16.5 Å². The molecule has 0 saturated carbocycles. The molecule has 1 aromatic heterocycles. The van der Waals surface area contributed by atoms with Gasteiger partial charge in [0.25, 0.3) is 5.91 Å². The van der Waals surface area contributed by atoms with Gasteiger partial charge in [-0.1, -0.05) is 11.6 Å². The highest BCUT2D eigenvalue weighted by molar-refractivity contribution is 6.32. The molecular formula is C9H8ClF3N2O2. The fourth-order valence-corrected chi connectivity index (χ4v) is 1.17. The van der Waals surface area contributed by atoms with Gasteiger partial charge in [-0.05, 0) is 6.07 Å². The Morgan fingerprint density at radius 1 is 1.59 bits per heavy atom. The van der Waals surface area contributed by atoms with E-state index in [0.29, 0.717) is 0 Å². The van der Waals surface area contributed by atoms with Gasteiger partial charge in [0.15, 0.2) is 6.61 Å². The third-order valence-electron chi connectivity index (χ3n) is 1.67. The largest absolute Gasteiger partial charge is 0.467 e. The lowest BCUT2D eigenvalue weighted by Crippen LogP contribution is -2.20. The van der Waals surface area contributed by atoms with Gasteiger partial charge in [-0.15, -0.1) is 0 Å². The molecule has 0 bridgehead atoms. The number of aromatic nitrogens is 1. The first-order valence-electron chi connectivity index (χ1n) is 4.40. The lowest BCUT2D eigenvalue weighted by atomic mass is 10.3. The van der Waals surface area contributed by atoms with Gasteiger partial charge in [0.1, 0.15) is 5.02 Å². The van der Waals surface area contributed by atoms with Crippen LogP contribution in [0.25, 0.3) is 0 Å². The van der Waals surface area contributed by atoms with E-state index in [1.807, 2.05) is 0 Å². The van der Waals surface area contributed by atoms with Crippen molar-refractivity contribution in [3.05, 3.63) is 22.8 Å². The summed E-state index contributed by atoms with van der Waals surface area (Å²) in [6.45, 7) is -1.49. The van der Waals surface area contributed by atoms with Gasteiger partial charge < -0.3 is 10.1 Å². The second-order valence-electron chi connectivity index (χ2n) is 2.99. The van der Waals surface area contributed by atoms with Gasteiger partial charge in [-0.2, -0.15) is 13.2 Å². The van der Waals surface area contributed by atoms with Crippen LogP contribution >= 0.6 is 11.6 Å². The van der Waals surface area contributed by atoms with E-state index in [9.17, 15) is 18.0 Å². The summed E-state index contributed by atoms with van der Waals surface area (Å²) in [6.07, 6.45) is -3.39. The smallest absolute Gasteiger partial charge is 0.422 e. The number of amides is 1. The van der Waals surface area contributed by atoms with Crippen molar-refractivity contribution in [3.8, 4) is 5.88 Å². The van der Waals surface area contributed by atoms with Crippen LogP contribution in [0.4, 0.5) is 13.2 Å². The molecule has 94 valence electrons. The maximum absolute atomic E-state index is 11.9. The molecule has 1 amide bonds. The van der Waals surface area contributed by atoms with E-state index in [2.05, 4.69) is 15.0 Å². The minimum absolute atomic E-state index is 0.136. The van der Waals surface area contributed by atoms with Crippen molar-refractivity contribution in [3.63, 3.8) is 0 Å². The Hall–Kier alpha value is -1.50. The predicted molar refractivity (Wildman–Crippen MR) is 54.2 cm³/mol. The van der Waals surface area contributed by atoms with Crippen LogP contribution in [0.3, 0.4) is 0 Å². The van der Waals surface area contributed by atoms with Crippen molar-refractivity contribution < 1.29 is 22.7 Å². The van der Waals surface area contributed by atoms with Crippen LogP contribution in [0.5, 0.6) is 5.88 Å². The Balaban J connectivity index is 2.80. The Bertz CT molecular complexity index is 423. The van der Waals surface area contributed by atoms with E-state index in [1.165, 1.54) is 13.1 Å². The summed E-state index contributed by atoms with van der Waals surface area (Å²) in [6, 6.07) is 1.18. The quantitative estimate of drug-likeness (QED) is 0.913. The highest BCUT2D eigenvalue weighted by atomic mass is 35.5. The number of alkyl halides is 3. The number of carbonyl (C=O) groups excluding carboxylic acids is 1. The molecule has 1 N–H and O–H groups in total. The standard InChI is InChI=1S/C9H8ClF3N2O2/c1-14-7(16)5-2-6(10)8(15-3-5)17-4-9(11,12)13/h2-3H,4H2,1H3,(H,14,16). The average Bonchev–Trinajstić information content (AvgIpc) is 2.25. The Kier molecular flexibility index (Phi) is 4.17. The SMILES string of the molecule is CNC(=O)c1cnc(OCC(F)(F)F)c(Cl)c1. The van der Waals surface area contributed by atoms with Crippen molar-refractivity contribution in [2.75, 3.05) is 13.7 Å². The van der Waals surface area contributed by atoms with Gasteiger partial charge in [0, 0.05) is 13.2 Å². The van der Waals surface area contributed by atoms with Crippen LogP contribution in [0.15, 0.2) is 12.3 Å². The molecule has 8 heteroatoms. The molecule has 1 aromatic rings. The molecular weight excluding hydrogens is 261 g/mol. The molecule has 0 aliphatic carbocycles. The molecule has 0 fully saturated rings. The van der Waals surface area contributed by atoms with Gasteiger partial charge >= 0.3 is 6.18 Å². The Morgan fingerprint density at radius 2 is 2.24 bits per heavy atom. The van der Waals surface area contributed by atoms with Crippen LogP contribution in [-0.4, -0.2) is 30.7 Å². The summed E-state index contributed by atoms with van der Waals surface area (Å²) in [5.74, 6) is -0.807. The van der Waals surface area contributed by atoms with Gasteiger partial charge in [-0.25, -0.2) is 4.98 Å². The van der Waals surface area contributed by atoms with Gasteiger partial charge in [-0.3, -0.25) is 4.79 Å². The van der Waals surface area contributed by atoms with Crippen molar-refractivity contribution in [1.82, 2.24) is 10.3 Å². The molecule has 0 unspecified atom stereocenters. The van der Waals surface area contributed by atoms with Crippen molar-refractivity contribution in [1.29, 1.82) is 0 Å². The number of ether oxygens (including phenoxy) is 1. The summed E-state index contributed by atoms with van der Waals surface area (Å²) in [7, 11) is 1.41. The molecule has 1 heterocycles. The van der Waals surface area contributed by atoms with Crippen LogP contribution < -0.4 is 10.1 Å².